The van der Waals surface area contributed by atoms with E-state index < -0.39 is 6.10 Å². The molecule has 0 unspecified atom stereocenters. The topological polar surface area (TPSA) is 76.7 Å². The third-order valence-electron chi connectivity index (χ3n) is 1.75. The molecule has 0 radical (unpaired) electrons. The first-order valence-electron chi connectivity index (χ1n) is 4.13. The quantitative estimate of drug-likeness (QED) is 0.729. The third-order valence-corrected chi connectivity index (χ3v) is 1.75. The fourth-order valence-electron chi connectivity index (χ4n) is 1.00. The van der Waals surface area contributed by atoms with E-state index in [0.717, 1.165) is 0 Å². The zero-order valence-corrected chi connectivity index (χ0v) is 7.57. The smallest absolute Gasteiger partial charge is 0.115 e. The van der Waals surface area contributed by atoms with Crippen molar-refractivity contribution in [1.82, 2.24) is 25.0 Å². The van der Waals surface area contributed by atoms with Crippen LogP contribution in [0.25, 0.3) is 5.69 Å². The van der Waals surface area contributed by atoms with Gasteiger partial charge in [-0.15, -0.1) is 5.10 Å². The Kier molecular flexibility index (Phi) is 2.19. The summed E-state index contributed by atoms with van der Waals surface area (Å²) in [5.74, 6) is 0. The summed E-state index contributed by atoms with van der Waals surface area (Å²) in [6.45, 7) is 1.63. The number of aromatic nitrogens is 5. The van der Waals surface area contributed by atoms with Gasteiger partial charge in [-0.2, -0.15) is 0 Å². The molecule has 0 aliphatic heterocycles. The Balaban J connectivity index is 2.34. The second-order valence-corrected chi connectivity index (χ2v) is 2.86. The molecule has 6 nitrogen and oxygen atoms in total. The van der Waals surface area contributed by atoms with Crippen molar-refractivity contribution in [2.75, 3.05) is 0 Å². The Morgan fingerprint density at radius 1 is 1.36 bits per heavy atom. The van der Waals surface area contributed by atoms with E-state index >= 15 is 0 Å². The van der Waals surface area contributed by atoms with Gasteiger partial charge in [0, 0.05) is 0 Å². The monoisotopic (exact) mass is 191 g/mol. The van der Waals surface area contributed by atoms with E-state index in [2.05, 4.69) is 20.3 Å². The average Bonchev–Trinajstić information content (AvgIpc) is 2.68. The molecule has 1 atom stereocenters. The van der Waals surface area contributed by atoms with Gasteiger partial charge >= 0.3 is 0 Å². The highest BCUT2D eigenvalue weighted by molar-refractivity contribution is 5.22. The van der Waals surface area contributed by atoms with Crippen LogP contribution in [0.3, 0.4) is 0 Å². The molecule has 2 heterocycles. The number of aliphatic hydroxyl groups excluding tert-OH is 1. The Bertz CT molecular complexity index is 411. The van der Waals surface area contributed by atoms with Gasteiger partial charge in [0.05, 0.1) is 24.7 Å². The number of nitrogens with zero attached hydrogens (tertiary/aromatic N) is 5. The number of hydrogen-bond donors (Lipinski definition) is 1. The fraction of sp³-hybridized carbons (Fsp3) is 0.250. The van der Waals surface area contributed by atoms with Crippen LogP contribution in [0.1, 0.15) is 18.7 Å². The summed E-state index contributed by atoms with van der Waals surface area (Å²) in [7, 11) is 0. The number of aliphatic hydroxyl groups is 1. The van der Waals surface area contributed by atoms with Crippen molar-refractivity contribution < 1.29 is 5.11 Å². The van der Waals surface area contributed by atoms with Crippen LogP contribution >= 0.6 is 0 Å². The molecule has 2 aromatic heterocycles. The van der Waals surface area contributed by atoms with E-state index in [1.165, 1.54) is 11.0 Å². The van der Waals surface area contributed by atoms with Gasteiger partial charge in [0.2, 0.25) is 0 Å². The Morgan fingerprint density at radius 2 is 2.07 bits per heavy atom. The van der Waals surface area contributed by atoms with Gasteiger partial charge in [0.15, 0.2) is 0 Å². The first-order valence-corrected chi connectivity index (χ1v) is 4.13. The van der Waals surface area contributed by atoms with E-state index in [1.807, 2.05) is 0 Å². The van der Waals surface area contributed by atoms with Crippen LogP contribution in [0.2, 0.25) is 0 Å². The van der Waals surface area contributed by atoms with Crippen molar-refractivity contribution >= 4 is 0 Å². The van der Waals surface area contributed by atoms with Crippen LogP contribution in [-0.2, 0) is 0 Å². The highest BCUT2D eigenvalue weighted by atomic mass is 16.3. The summed E-state index contributed by atoms with van der Waals surface area (Å²) < 4.78 is 1.52. The van der Waals surface area contributed by atoms with Crippen molar-refractivity contribution in [3.8, 4) is 5.69 Å². The first-order chi connectivity index (χ1) is 6.77. The van der Waals surface area contributed by atoms with Crippen LogP contribution in [0.15, 0.2) is 24.9 Å². The van der Waals surface area contributed by atoms with Crippen LogP contribution in [0, 0.1) is 0 Å². The summed E-state index contributed by atoms with van der Waals surface area (Å²) in [6, 6.07) is 0. The molecule has 0 aromatic carbocycles. The summed E-state index contributed by atoms with van der Waals surface area (Å²) in [5, 5.41) is 16.9. The molecular formula is C8H9N5O. The molecule has 14 heavy (non-hydrogen) atoms. The molecule has 6 heteroatoms. The predicted molar refractivity (Wildman–Crippen MR) is 47.6 cm³/mol. The van der Waals surface area contributed by atoms with E-state index in [0.29, 0.717) is 11.4 Å². The molecule has 2 rings (SSSR count). The molecule has 0 aliphatic carbocycles. The Labute approximate surface area is 80.2 Å². The largest absolute Gasteiger partial charge is 0.387 e. The second kappa shape index (κ2) is 3.51. The van der Waals surface area contributed by atoms with Gasteiger partial charge in [0.1, 0.15) is 17.7 Å². The standard InChI is InChI=1S/C8H9N5O/c1-6(14)8-4-13(12-11-8)7-2-9-5-10-3-7/h2-6,14H,1H3/t6-/m0/s1. The van der Waals surface area contributed by atoms with Gasteiger partial charge in [-0.05, 0) is 6.92 Å². The second-order valence-electron chi connectivity index (χ2n) is 2.86. The maximum absolute atomic E-state index is 9.24. The highest BCUT2D eigenvalue weighted by Gasteiger charge is 2.07. The summed E-state index contributed by atoms with van der Waals surface area (Å²) in [6.07, 6.45) is 5.70. The summed E-state index contributed by atoms with van der Waals surface area (Å²) in [4.78, 5) is 7.71. The van der Waals surface area contributed by atoms with Gasteiger partial charge in [-0.3, -0.25) is 0 Å². The Hall–Kier alpha value is -1.82. The van der Waals surface area contributed by atoms with Gasteiger partial charge in [-0.1, -0.05) is 5.21 Å². The number of rotatable bonds is 2. The minimum Gasteiger partial charge on any atom is -0.387 e. The molecule has 0 saturated carbocycles. The molecule has 0 aliphatic rings. The van der Waals surface area contributed by atoms with Crippen molar-refractivity contribution in [2.45, 2.75) is 13.0 Å². The van der Waals surface area contributed by atoms with Gasteiger partial charge < -0.3 is 5.11 Å². The molecule has 0 amide bonds. The van der Waals surface area contributed by atoms with Crippen LogP contribution in [-0.4, -0.2) is 30.1 Å². The summed E-state index contributed by atoms with van der Waals surface area (Å²) >= 11 is 0. The maximum atomic E-state index is 9.24. The lowest BCUT2D eigenvalue weighted by Crippen LogP contribution is -1.96. The molecule has 0 fully saturated rings. The van der Waals surface area contributed by atoms with Crippen molar-refractivity contribution in [3.05, 3.63) is 30.6 Å². The average molecular weight is 191 g/mol. The van der Waals surface area contributed by atoms with E-state index in [1.54, 1.807) is 25.5 Å². The molecule has 2 aromatic rings. The van der Waals surface area contributed by atoms with Crippen molar-refractivity contribution in [1.29, 1.82) is 0 Å². The van der Waals surface area contributed by atoms with Gasteiger partial charge in [-0.25, -0.2) is 14.6 Å². The van der Waals surface area contributed by atoms with E-state index in [4.69, 9.17) is 0 Å². The van der Waals surface area contributed by atoms with Crippen molar-refractivity contribution in [2.24, 2.45) is 0 Å². The lowest BCUT2D eigenvalue weighted by Gasteiger charge is -1.96. The van der Waals surface area contributed by atoms with Crippen molar-refractivity contribution in [3.63, 3.8) is 0 Å². The summed E-state index contributed by atoms with van der Waals surface area (Å²) in [5.41, 5.74) is 1.24. The molecule has 0 saturated heterocycles. The molecular weight excluding hydrogens is 182 g/mol. The SMILES string of the molecule is C[C@H](O)c1cn(-c2cncnc2)nn1. The predicted octanol–water partition coefficient (Wildman–Crippen LogP) is 0.111. The molecule has 1 N–H and O–H groups in total. The first kappa shape index (κ1) is 8.76. The van der Waals surface area contributed by atoms with Crippen LogP contribution in [0.5, 0.6) is 0 Å². The fourth-order valence-corrected chi connectivity index (χ4v) is 1.00. The highest BCUT2D eigenvalue weighted by Crippen LogP contribution is 2.09. The lowest BCUT2D eigenvalue weighted by atomic mass is 10.3. The lowest BCUT2D eigenvalue weighted by molar-refractivity contribution is 0.194. The van der Waals surface area contributed by atoms with Crippen LogP contribution < -0.4 is 0 Å². The minimum atomic E-state index is -0.617. The van der Waals surface area contributed by atoms with E-state index in [-0.39, 0.29) is 0 Å². The Morgan fingerprint density at radius 3 is 2.64 bits per heavy atom. The molecule has 0 bridgehead atoms. The van der Waals surface area contributed by atoms with Gasteiger partial charge in [0.25, 0.3) is 0 Å². The van der Waals surface area contributed by atoms with E-state index in [9.17, 15) is 5.11 Å². The normalized spacial score (nSPS) is 12.7. The maximum Gasteiger partial charge on any atom is 0.115 e. The minimum absolute atomic E-state index is 0.522. The zero-order valence-electron chi connectivity index (χ0n) is 7.57. The molecule has 0 spiro atoms. The molecule has 72 valence electrons. The number of hydrogen-bond acceptors (Lipinski definition) is 5. The zero-order chi connectivity index (χ0) is 9.97. The third kappa shape index (κ3) is 1.60. The van der Waals surface area contributed by atoms with Crippen LogP contribution in [0.4, 0.5) is 0 Å².